The largest absolute Gasteiger partial charge is 0.417 e. The molecule has 2 aromatic rings. The van der Waals surface area contributed by atoms with Crippen LogP contribution in [0.1, 0.15) is 17.5 Å². The molecule has 4 nitrogen and oxygen atoms in total. The summed E-state index contributed by atoms with van der Waals surface area (Å²) in [5.41, 5.74) is 0.195. The summed E-state index contributed by atoms with van der Waals surface area (Å²) >= 11 is 3.37. The molecule has 1 aromatic heterocycles. The molecule has 1 fully saturated rings. The summed E-state index contributed by atoms with van der Waals surface area (Å²) in [6.45, 7) is 2.36. The van der Waals surface area contributed by atoms with Crippen LogP contribution >= 0.6 is 15.9 Å². The molecule has 2 heterocycles. The molecule has 144 valence electrons. The van der Waals surface area contributed by atoms with Gasteiger partial charge in [0.05, 0.1) is 12.0 Å². The van der Waals surface area contributed by atoms with Crippen molar-refractivity contribution in [3.63, 3.8) is 0 Å². The third-order valence-electron chi connectivity index (χ3n) is 4.52. The predicted octanol–water partition coefficient (Wildman–Crippen LogP) is 4.14. The zero-order chi connectivity index (χ0) is 19.4. The van der Waals surface area contributed by atoms with E-state index in [4.69, 9.17) is 0 Å². The molecular weight excluding hydrogens is 423 g/mol. The first-order valence-corrected chi connectivity index (χ1v) is 9.42. The number of carbonyl (C=O) groups excluding carboxylic acids is 1. The van der Waals surface area contributed by atoms with Crippen molar-refractivity contribution in [1.29, 1.82) is 0 Å². The van der Waals surface area contributed by atoms with Gasteiger partial charge in [0.2, 0.25) is 5.91 Å². The molecule has 1 saturated heterocycles. The first-order valence-electron chi connectivity index (χ1n) is 8.63. The average molecular weight is 442 g/mol. The Morgan fingerprint density at radius 2 is 1.78 bits per heavy atom. The zero-order valence-electron chi connectivity index (χ0n) is 14.5. The van der Waals surface area contributed by atoms with E-state index >= 15 is 0 Å². The van der Waals surface area contributed by atoms with E-state index < -0.39 is 11.7 Å². The highest BCUT2D eigenvalue weighted by molar-refractivity contribution is 9.10. The van der Waals surface area contributed by atoms with Gasteiger partial charge >= 0.3 is 6.18 Å². The van der Waals surface area contributed by atoms with E-state index in [9.17, 15) is 18.0 Å². The van der Waals surface area contributed by atoms with Crippen LogP contribution < -0.4 is 4.90 Å². The van der Waals surface area contributed by atoms with E-state index in [-0.39, 0.29) is 5.91 Å². The van der Waals surface area contributed by atoms with E-state index in [0.29, 0.717) is 38.4 Å². The molecule has 0 radical (unpaired) electrons. The second-order valence-electron chi connectivity index (χ2n) is 6.43. The zero-order valence-corrected chi connectivity index (χ0v) is 16.1. The lowest BCUT2D eigenvalue weighted by Crippen LogP contribution is -2.36. The number of rotatable bonds is 3. The number of amides is 1. The third kappa shape index (κ3) is 5.22. The molecule has 0 atom stereocenters. The standard InChI is InChI=1S/C19H19BrF3N3O/c20-16-5-2-14(3-6-16)12-18(27)26-9-1-8-25(10-11-26)17-7-4-15(13-24-17)19(21,22)23/h2-7,13H,1,8-12H2. The first kappa shape index (κ1) is 19.7. The van der Waals surface area contributed by atoms with Gasteiger partial charge in [-0.2, -0.15) is 13.2 Å². The van der Waals surface area contributed by atoms with Gasteiger partial charge in [0.25, 0.3) is 0 Å². The molecule has 0 aliphatic carbocycles. The van der Waals surface area contributed by atoms with E-state index in [0.717, 1.165) is 28.7 Å². The molecular formula is C19H19BrF3N3O. The van der Waals surface area contributed by atoms with E-state index in [1.54, 1.807) is 0 Å². The lowest BCUT2D eigenvalue weighted by atomic mass is 10.1. The van der Waals surface area contributed by atoms with Gasteiger partial charge in [0.15, 0.2) is 0 Å². The van der Waals surface area contributed by atoms with Gasteiger partial charge in [-0.1, -0.05) is 28.1 Å². The molecule has 1 aliphatic rings. The fourth-order valence-corrected chi connectivity index (χ4v) is 3.29. The van der Waals surface area contributed by atoms with Crippen LogP contribution in [0.5, 0.6) is 0 Å². The molecule has 8 heteroatoms. The van der Waals surface area contributed by atoms with E-state index in [1.165, 1.54) is 6.07 Å². The monoisotopic (exact) mass is 441 g/mol. The second kappa shape index (κ2) is 8.29. The summed E-state index contributed by atoms with van der Waals surface area (Å²) < 4.78 is 39.0. The van der Waals surface area contributed by atoms with Gasteiger partial charge in [-0.3, -0.25) is 4.79 Å². The summed E-state index contributed by atoms with van der Waals surface area (Å²) in [7, 11) is 0. The smallest absolute Gasteiger partial charge is 0.355 e. The summed E-state index contributed by atoms with van der Waals surface area (Å²) in [5.74, 6) is 0.560. The highest BCUT2D eigenvalue weighted by Crippen LogP contribution is 2.29. The minimum absolute atomic E-state index is 0.0551. The minimum atomic E-state index is -4.39. The van der Waals surface area contributed by atoms with Crippen molar-refractivity contribution in [3.8, 4) is 0 Å². The molecule has 1 aliphatic heterocycles. The average Bonchev–Trinajstić information content (AvgIpc) is 2.89. The topological polar surface area (TPSA) is 36.4 Å². The van der Waals surface area contributed by atoms with Crippen molar-refractivity contribution in [3.05, 3.63) is 58.2 Å². The van der Waals surface area contributed by atoms with Crippen LogP contribution in [0.4, 0.5) is 19.0 Å². The van der Waals surface area contributed by atoms with Crippen LogP contribution in [0.15, 0.2) is 47.1 Å². The predicted molar refractivity (Wildman–Crippen MR) is 100 cm³/mol. The fraction of sp³-hybridized carbons (Fsp3) is 0.368. The van der Waals surface area contributed by atoms with Crippen LogP contribution in [0.25, 0.3) is 0 Å². The molecule has 1 amide bonds. The summed E-state index contributed by atoms with van der Waals surface area (Å²) in [5, 5.41) is 0. The number of hydrogen-bond acceptors (Lipinski definition) is 3. The Labute approximate surface area is 164 Å². The summed E-state index contributed by atoms with van der Waals surface area (Å²) in [4.78, 5) is 20.2. The van der Waals surface area contributed by atoms with Gasteiger partial charge < -0.3 is 9.80 Å². The third-order valence-corrected chi connectivity index (χ3v) is 5.05. The number of alkyl halides is 3. The quantitative estimate of drug-likeness (QED) is 0.717. The Hall–Kier alpha value is -2.09. The van der Waals surface area contributed by atoms with E-state index in [1.807, 2.05) is 34.1 Å². The minimum Gasteiger partial charge on any atom is -0.355 e. The number of hydrogen-bond donors (Lipinski definition) is 0. The van der Waals surface area contributed by atoms with Crippen molar-refractivity contribution in [2.45, 2.75) is 19.0 Å². The highest BCUT2D eigenvalue weighted by atomic mass is 79.9. The van der Waals surface area contributed by atoms with Crippen molar-refractivity contribution in [2.75, 3.05) is 31.1 Å². The fourth-order valence-electron chi connectivity index (χ4n) is 3.03. The number of aromatic nitrogens is 1. The summed E-state index contributed by atoms with van der Waals surface area (Å²) in [6, 6.07) is 10.1. The number of benzene rings is 1. The van der Waals surface area contributed by atoms with Gasteiger partial charge in [0, 0.05) is 36.8 Å². The number of anilines is 1. The Balaban J connectivity index is 1.59. The molecule has 0 bridgehead atoms. The molecule has 0 saturated carbocycles. The second-order valence-corrected chi connectivity index (χ2v) is 7.34. The lowest BCUT2D eigenvalue weighted by molar-refractivity contribution is -0.137. The SMILES string of the molecule is O=C(Cc1ccc(Br)cc1)N1CCCN(c2ccc(C(F)(F)F)cn2)CC1. The van der Waals surface area contributed by atoms with Crippen LogP contribution in [0.2, 0.25) is 0 Å². The van der Waals surface area contributed by atoms with Gasteiger partial charge in [-0.05, 0) is 36.2 Å². The molecule has 1 aromatic carbocycles. The van der Waals surface area contributed by atoms with Crippen molar-refractivity contribution < 1.29 is 18.0 Å². The number of pyridine rings is 1. The van der Waals surface area contributed by atoms with Gasteiger partial charge in [-0.15, -0.1) is 0 Å². The summed E-state index contributed by atoms with van der Waals surface area (Å²) in [6.07, 6.45) is -2.45. The molecule has 0 unspecified atom stereocenters. The normalized spacial score (nSPS) is 15.6. The van der Waals surface area contributed by atoms with Crippen LogP contribution in [0, 0.1) is 0 Å². The Kier molecular flexibility index (Phi) is 6.04. The number of carbonyl (C=O) groups is 1. The maximum atomic E-state index is 12.7. The lowest BCUT2D eigenvalue weighted by Gasteiger charge is -2.23. The molecule has 0 spiro atoms. The number of halogens is 4. The molecule has 3 rings (SSSR count). The first-order chi connectivity index (χ1) is 12.8. The van der Waals surface area contributed by atoms with Crippen molar-refractivity contribution in [2.24, 2.45) is 0 Å². The maximum Gasteiger partial charge on any atom is 0.417 e. The van der Waals surface area contributed by atoms with Gasteiger partial charge in [-0.25, -0.2) is 4.98 Å². The van der Waals surface area contributed by atoms with Crippen LogP contribution in [-0.2, 0) is 17.4 Å². The molecule has 27 heavy (non-hydrogen) atoms. The Morgan fingerprint density at radius 1 is 1.04 bits per heavy atom. The van der Waals surface area contributed by atoms with Crippen molar-refractivity contribution >= 4 is 27.7 Å². The number of nitrogens with zero attached hydrogens (tertiary/aromatic N) is 3. The Bertz CT molecular complexity index is 778. The van der Waals surface area contributed by atoms with E-state index in [2.05, 4.69) is 20.9 Å². The van der Waals surface area contributed by atoms with Crippen LogP contribution in [-0.4, -0.2) is 42.0 Å². The van der Waals surface area contributed by atoms with Crippen molar-refractivity contribution in [1.82, 2.24) is 9.88 Å². The Morgan fingerprint density at radius 3 is 2.41 bits per heavy atom. The highest BCUT2D eigenvalue weighted by Gasteiger charge is 2.31. The van der Waals surface area contributed by atoms with Crippen LogP contribution in [0.3, 0.4) is 0 Å². The molecule has 0 N–H and O–H groups in total. The van der Waals surface area contributed by atoms with Gasteiger partial charge in [0.1, 0.15) is 5.82 Å². The maximum absolute atomic E-state index is 12.7.